The van der Waals surface area contributed by atoms with Crippen molar-refractivity contribution in [3.63, 3.8) is 0 Å². The lowest BCUT2D eigenvalue weighted by Crippen LogP contribution is -2.42. The predicted octanol–water partition coefficient (Wildman–Crippen LogP) is 4.23. The van der Waals surface area contributed by atoms with Gasteiger partial charge in [0.1, 0.15) is 5.57 Å². The standard InChI is InChI=1S/C10H12F6O2S/c1-3-17-8(18-4-2)5-6(19-8)7(9(11,12)13)10(14,15)16/h3-5H2,1-2H3. The summed E-state index contributed by atoms with van der Waals surface area (Å²) in [5, 5.41) is -1.43. The molecule has 1 aliphatic heterocycles. The first-order valence-corrected chi connectivity index (χ1v) is 6.22. The fourth-order valence-electron chi connectivity index (χ4n) is 1.63. The summed E-state index contributed by atoms with van der Waals surface area (Å²) < 4.78 is 84.8. The Kier molecular flexibility index (Phi) is 4.84. The van der Waals surface area contributed by atoms with Crippen LogP contribution in [0.25, 0.3) is 0 Å². The Morgan fingerprint density at radius 1 is 1.05 bits per heavy atom. The number of ether oxygens (including phenoxy) is 2. The van der Waals surface area contributed by atoms with E-state index >= 15 is 0 Å². The van der Waals surface area contributed by atoms with Crippen molar-refractivity contribution in [2.24, 2.45) is 0 Å². The van der Waals surface area contributed by atoms with Gasteiger partial charge in [-0.05, 0) is 13.8 Å². The smallest absolute Gasteiger partial charge is 0.341 e. The number of rotatable bonds is 4. The topological polar surface area (TPSA) is 18.5 Å². The average molecular weight is 310 g/mol. The van der Waals surface area contributed by atoms with E-state index in [9.17, 15) is 26.3 Å². The summed E-state index contributed by atoms with van der Waals surface area (Å²) in [6.45, 7) is 3.43. The Hall–Kier alpha value is -0.410. The minimum absolute atomic E-state index is 0.133. The molecule has 19 heavy (non-hydrogen) atoms. The third-order valence-electron chi connectivity index (χ3n) is 2.23. The molecule has 0 aromatic heterocycles. The van der Waals surface area contributed by atoms with Gasteiger partial charge in [-0.3, -0.25) is 0 Å². The monoisotopic (exact) mass is 310 g/mol. The van der Waals surface area contributed by atoms with Crippen LogP contribution in [-0.2, 0) is 9.47 Å². The van der Waals surface area contributed by atoms with Crippen LogP contribution in [0.2, 0.25) is 0 Å². The maximum absolute atomic E-state index is 12.4. The summed E-state index contributed by atoms with van der Waals surface area (Å²) in [5.41, 5.74) is -2.47. The molecule has 0 aromatic carbocycles. The first kappa shape index (κ1) is 16.6. The van der Waals surface area contributed by atoms with Crippen molar-refractivity contribution < 1.29 is 35.8 Å². The molecule has 0 saturated carbocycles. The van der Waals surface area contributed by atoms with Crippen LogP contribution in [-0.4, -0.2) is 30.7 Å². The van der Waals surface area contributed by atoms with E-state index in [0.717, 1.165) is 0 Å². The zero-order valence-corrected chi connectivity index (χ0v) is 10.9. The lowest BCUT2D eigenvalue weighted by Gasteiger charge is -2.42. The minimum atomic E-state index is -5.44. The van der Waals surface area contributed by atoms with Gasteiger partial charge in [0.15, 0.2) is 0 Å². The van der Waals surface area contributed by atoms with Crippen molar-refractivity contribution in [3.8, 4) is 0 Å². The molecule has 0 aromatic rings. The first-order valence-electron chi connectivity index (χ1n) is 5.40. The molecule has 1 heterocycles. The Balaban J connectivity index is 3.00. The van der Waals surface area contributed by atoms with Crippen LogP contribution in [0.4, 0.5) is 26.3 Å². The van der Waals surface area contributed by atoms with Crippen LogP contribution in [0.5, 0.6) is 0 Å². The molecule has 1 fully saturated rings. The van der Waals surface area contributed by atoms with Gasteiger partial charge in [0, 0.05) is 24.5 Å². The normalized spacial score (nSPS) is 19.3. The molecule has 0 N–H and O–H groups in total. The van der Waals surface area contributed by atoms with E-state index in [-0.39, 0.29) is 13.2 Å². The molecule has 0 amide bonds. The van der Waals surface area contributed by atoms with Crippen molar-refractivity contribution in [1.82, 2.24) is 0 Å². The van der Waals surface area contributed by atoms with E-state index in [1.165, 1.54) is 0 Å². The van der Waals surface area contributed by atoms with E-state index in [1.54, 1.807) is 13.8 Å². The molecule has 0 bridgehead atoms. The van der Waals surface area contributed by atoms with Gasteiger partial charge in [-0.15, -0.1) is 0 Å². The molecule has 1 aliphatic rings. The molecule has 0 unspecified atom stereocenters. The van der Waals surface area contributed by atoms with Crippen LogP contribution >= 0.6 is 11.8 Å². The van der Waals surface area contributed by atoms with Crippen molar-refractivity contribution in [2.75, 3.05) is 13.2 Å². The number of hydrogen-bond acceptors (Lipinski definition) is 3. The zero-order chi connectivity index (χ0) is 14.9. The van der Waals surface area contributed by atoms with Gasteiger partial charge in [-0.1, -0.05) is 11.8 Å². The SMILES string of the molecule is CCOC1(OCC)CC(=C(C(F)(F)F)C(F)(F)F)S1. The van der Waals surface area contributed by atoms with Gasteiger partial charge in [0.2, 0.25) is 5.12 Å². The van der Waals surface area contributed by atoms with Crippen LogP contribution in [0.1, 0.15) is 20.3 Å². The molecule has 9 heteroatoms. The summed E-state index contributed by atoms with van der Waals surface area (Å²) in [6.07, 6.45) is -11.4. The van der Waals surface area contributed by atoms with E-state index in [4.69, 9.17) is 9.47 Å². The highest BCUT2D eigenvalue weighted by atomic mass is 32.2. The molecule has 2 nitrogen and oxygen atoms in total. The summed E-state index contributed by atoms with van der Waals surface area (Å²) in [5.74, 6) is 0. The molecule has 0 spiro atoms. The van der Waals surface area contributed by atoms with Crippen molar-refractivity contribution in [1.29, 1.82) is 0 Å². The lowest BCUT2D eigenvalue weighted by molar-refractivity contribution is -0.182. The summed E-state index contributed by atoms with van der Waals surface area (Å²) in [4.78, 5) is -0.804. The second kappa shape index (κ2) is 5.53. The van der Waals surface area contributed by atoms with Crippen LogP contribution in [0.15, 0.2) is 10.5 Å². The Morgan fingerprint density at radius 3 is 1.68 bits per heavy atom. The Labute approximate surface area is 110 Å². The largest absolute Gasteiger partial charge is 0.422 e. The predicted molar refractivity (Wildman–Crippen MR) is 57.3 cm³/mol. The molecule has 1 saturated heterocycles. The quantitative estimate of drug-likeness (QED) is 0.572. The fourth-order valence-corrected chi connectivity index (χ4v) is 2.93. The Morgan fingerprint density at radius 2 is 1.42 bits per heavy atom. The molecular formula is C10H12F6O2S. The molecular weight excluding hydrogens is 298 g/mol. The summed E-state index contributed by atoms with van der Waals surface area (Å²) in [6, 6.07) is 0. The number of allylic oxidation sites excluding steroid dienone is 1. The van der Waals surface area contributed by atoms with E-state index in [0.29, 0.717) is 11.8 Å². The van der Waals surface area contributed by atoms with Gasteiger partial charge in [0.25, 0.3) is 0 Å². The minimum Gasteiger partial charge on any atom is -0.341 e. The maximum atomic E-state index is 12.4. The fraction of sp³-hybridized carbons (Fsp3) is 0.800. The Bertz CT molecular complexity index is 328. The number of alkyl halides is 6. The average Bonchev–Trinajstić information content (AvgIpc) is 2.11. The third-order valence-corrected chi connectivity index (χ3v) is 3.52. The molecule has 0 aliphatic carbocycles. The van der Waals surface area contributed by atoms with Gasteiger partial charge in [0.05, 0.1) is 0 Å². The van der Waals surface area contributed by atoms with Crippen molar-refractivity contribution in [2.45, 2.75) is 37.7 Å². The lowest BCUT2D eigenvalue weighted by atomic mass is 10.1. The van der Waals surface area contributed by atoms with Crippen LogP contribution < -0.4 is 0 Å². The molecule has 112 valence electrons. The maximum Gasteiger partial charge on any atom is 0.422 e. The zero-order valence-electron chi connectivity index (χ0n) is 10.1. The summed E-state index contributed by atoms with van der Waals surface area (Å²) in [7, 11) is 0. The van der Waals surface area contributed by atoms with Gasteiger partial charge in [-0.2, -0.15) is 26.3 Å². The van der Waals surface area contributed by atoms with Crippen LogP contribution in [0.3, 0.4) is 0 Å². The van der Waals surface area contributed by atoms with Crippen molar-refractivity contribution >= 4 is 11.8 Å². The third kappa shape index (κ3) is 3.79. The van der Waals surface area contributed by atoms with E-state index < -0.39 is 34.4 Å². The highest BCUT2D eigenvalue weighted by molar-refractivity contribution is 8.05. The number of thioether (sulfide) groups is 1. The summed E-state index contributed by atoms with van der Waals surface area (Å²) >= 11 is 0.327. The van der Waals surface area contributed by atoms with Gasteiger partial charge < -0.3 is 9.47 Å². The van der Waals surface area contributed by atoms with Gasteiger partial charge >= 0.3 is 12.4 Å². The van der Waals surface area contributed by atoms with Gasteiger partial charge in [-0.25, -0.2) is 0 Å². The molecule has 0 atom stereocenters. The van der Waals surface area contributed by atoms with Crippen molar-refractivity contribution in [3.05, 3.63) is 10.5 Å². The molecule has 0 radical (unpaired) electrons. The second-order valence-corrected chi connectivity index (χ2v) is 4.94. The van der Waals surface area contributed by atoms with Crippen LogP contribution in [0, 0.1) is 0 Å². The number of hydrogen-bond donors (Lipinski definition) is 0. The number of halogens is 6. The highest BCUT2D eigenvalue weighted by Crippen LogP contribution is 2.57. The van der Waals surface area contributed by atoms with E-state index in [1.807, 2.05) is 0 Å². The first-order chi connectivity index (χ1) is 8.56. The highest BCUT2D eigenvalue weighted by Gasteiger charge is 2.58. The second-order valence-electron chi connectivity index (χ2n) is 3.62. The van der Waals surface area contributed by atoms with E-state index in [2.05, 4.69) is 0 Å². The molecule has 1 rings (SSSR count).